The SMILES string of the molecule is O=C(Cc1cccs1)N1CN2CC=C[C@H](O1)C2c1ccc(Cl)cc1. The summed E-state index contributed by atoms with van der Waals surface area (Å²) in [6.45, 7) is 1.27. The molecule has 6 heteroatoms. The highest BCUT2D eigenvalue weighted by Gasteiger charge is 2.39. The quantitative estimate of drug-likeness (QED) is 0.783. The average molecular weight is 361 g/mol. The van der Waals surface area contributed by atoms with Crippen molar-refractivity contribution in [2.45, 2.75) is 18.6 Å². The maximum absolute atomic E-state index is 12.5. The van der Waals surface area contributed by atoms with E-state index in [4.69, 9.17) is 16.4 Å². The van der Waals surface area contributed by atoms with Crippen LogP contribution in [0, 0.1) is 0 Å². The molecule has 4 nitrogen and oxygen atoms in total. The molecule has 0 spiro atoms. The van der Waals surface area contributed by atoms with Crippen LogP contribution in [0.1, 0.15) is 16.5 Å². The van der Waals surface area contributed by atoms with Crippen molar-refractivity contribution in [1.82, 2.24) is 9.96 Å². The lowest BCUT2D eigenvalue weighted by Gasteiger charge is -2.46. The Kier molecular flexibility index (Phi) is 4.41. The Hall–Kier alpha value is -1.66. The average Bonchev–Trinajstić information content (AvgIpc) is 3.07. The molecule has 0 radical (unpaired) electrons. The fourth-order valence-corrected chi connectivity index (χ4v) is 4.01. The first-order valence-corrected chi connectivity index (χ1v) is 9.12. The summed E-state index contributed by atoms with van der Waals surface area (Å²) in [5.74, 6) is -0.00249. The first kappa shape index (κ1) is 15.8. The van der Waals surface area contributed by atoms with Crippen LogP contribution >= 0.6 is 22.9 Å². The van der Waals surface area contributed by atoms with E-state index in [0.717, 1.165) is 22.0 Å². The molecule has 2 aromatic rings. The van der Waals surface area contributed by atoms with E-state index in [1.165, 1.54) is 5.06 Å². The number of carbonyl (C=O) groups is 1. The van der Waals surface area contributed by atoms with Crippen LogP contribution in [0.4, 0.5) is 0 Å². The summed E-state index contributed by atoms with van der Waals surface area (Å²) >= 11 is 7.59. The number of thiophene rings is 1. The Labute approximate surface area is 149 Å². The van der Waals surface area contributed by atoms with Crippen molar-refractivity contribution >= 4 is 28.8 Å². The fourth-order valence-electron chi connectivity index (χ4n) is 3.19. The molecule has 4 rings (SSSR count). The molecular weight excluding hydrogens is 344 g/mol. The lowest BCUT2D eigenvalue weighted by Crippen LogP contribution is -2.55. The molecule has 124 valence electrons. The van der Waals surface area contributed by atoms with Crippen LogP contribution in [0.5, 0.6) is 0 Å². The predicted octanol–water partition coefficient (Wildman–Crippen LogP) is 3.66. The van der Waals surface area contributed by atoms with Gasteiger partial charge in [-0.2, -0.15) is 0 Å². The van der Waals surface area contributed by atoms with Crippen molar-refractivity contribution < 1.29 is 9.63 Å². The van der Waals surface area contributed by atoms with Gasteiger partial charge in [0, 0.05) is 16.4 Å². The second-order valence-corrected chi connectivity index (χ2v) is 7.40. The summed E-state index contributed by atoms with van der Waals surface area (Å²) in [5.41, 5.74) is 1.15. The molecule has 0 N–H and O–H groups in total. The van der Waals surface area contributed by atoms with Crippen LogP contribution in [-0.2, 0) is 16.1 Å². The van der Waals surface area contributed by atoms with Crippen LogP contribution in [-0.4, -0.2) is 35.2 Å². The minimum atomic E-state index is -0.166. The first-order valence-electron chi connectivity index (χ1n) is 7.86. The normalized spacial score (nSPS) is 25.7. The highest BCUT2D eigenvalue weighted by molar-refractivity contribution is 7.10. The lowest BCUT2D eigenvalue weighted by atomic mass is 9.96. The Morgan fingerprint density at radius 2 is 2.12 bits per heavy atom. The minimum absolute atomic E-state index is 0.00249. The van der Waals surface area contributed by atoms with Crippen LogP contribution < -0.4 is 0 Å². The van der Waals surface area contributed by atoms with E-state index >= 15 is 0 Å². The second kappa shape index (κ2) is 6.69. The van der Waals surface area contributed by atoms with Gasteiger partial charge in [-0.1, -0.05) is 42.0 Å². The molecular formula is C18H17ClN2O2S. The maximum atomic E-state index is 12.5. The zero-order valence-corrected chi connectivity index (χ0v) is 14.5. The molecule has 0 aliphatic carbocycles. The van der Waals surface area contributed by atoms with Gasteiger partial charge in [-0.15, -0.1) is 11.3 Å². The van der Waals surface area contributed by atoms with Gasteiger partial charge in [0.25, 0.3) is 5.91 Å². The summed E-state index contributed by atoms with van der Waals surface area (Å²) in [6.07, 6.45) is 4.35. The fraction of sp³-hybridized carbons (Fsp3) is 0.278. The third kappa shape index (κ3) is 3.13. The van der Waals surface area contributed by atoms with Gasteiger partial charge in [-0.3, -0.25) is 14.5 Å². The second-order valence-electron chi connectivity index (χ2n) is 5.94. The molecule has 2 bridgehead atoms. The van der Waals surface area contributed by atoms with E-state index in [2.05, 4.69) is 11.0 Å². The number of benzene rings is 1. The van der Waals surface area contributed by atoms with Crippen molar-refractivity contribution in [3.05, 3.63) is 69.4 Å². The van der Waals surface area contributed by atoms with Gasteiger partial charge in [-0.05, 0) is 29.1 Å². The summed E-state index contributed by atoms with van der Waals surface area (Å²) in [4.78, 5) is 21.8. The summed E-state index contributed by atoms with van der Waals surface area (Å²) in [6, 6.07) is 11.9. The van der Waals surface area contributed by atoms with Crippen LogP contribution in [0.2, 0.25) is 5.02 Å². The predicted molar refractivity (Wildman–Crippen MR) is 94.6 cm³/mol. The Morgan fingerprint density at radius 3 is 2.83 bits per heavy atom. The van der Waals surface area contributed by atoms with Crippen molar-refractivity contribution in [3.63, 3.8) is 0 Å². The summed E-state index contributed by atoms with van der Waals surface area (Å²) in [5, 5.41) is 4.20. The van der Waals surface area contributed by atoms with Crippen molar-refractivity contribution in [2.24, 2.45) is 0 Å². The Balaban J connectivity index is 1.51. The van der Waals surface area contributed by atoms with E-state index in [9.17, 15) is 4.79 Å². The molecule has 2 unspecified atom stereocenters. The highest BCUT2D eigenvalue weighted by atomic mass is 35.5. The number of amides is 1. The van der Waals surface area contributed by atoms with Gasteiger partial charge in [-0.25, -0.2) is 5.06 Å². The molecule has 24 heavy (non-hydrogen) atoms. The van der Waals surface area contributed by atoms with Gasteiger partial charge in [0.2, 0.25) is 0 Å². The standard InChI is InChI=1S/C18H17ClN2O2S/c19-14-7-5-13(6-8-14)18-16-4-1-9-20(18)12-21(23-16)17(22)11-15-3-2-10-24-15/h1-8,10,16,18H,9,11-12H2/t16-,18?/m0/s1. The number of fused-ring (bicyclic) bond motifs is 2. The zero-order valence-electron chi connectivity index (χ0n) is 13.0. The van der Waals surface area contributed by atoms with E-state index in [1.54, 1.807) is 11.3 Å². The van der Waals surface area contributed by atoms with Crippen LogP contribution in [0.25, 0.3) is 0 Å². The number of rotatable bonds is 3. The topological polar surface area (TPSA) is 32.8 Å². The van der Waals surface area contributed by atoms with Crippen molar-refractivity contribution in [3.8, 4) is 0 Å². The monoisotopic (exact) mass is 360 g/mol. The molecule has 3 atom stereocenters. The number of hydrogen-bond donors (Lipinski definition) is 0. The van der Waals surface area contributed by atoms with E-state index in [1.807, 2.05) is 47.9 Å². The molecule has 1 aromatic heterocycles. The Morgan fingerprint density at radius 1 is 1.29 bits per heavy atom. The molecule has 1 amide bonds. The molecule has 1 aromatic carbocycles. The van der Waals surface area contributed by atoms with Crippen LogP contribution in [0.3, 0.4) is 0 Å². The summed E-state index contributed by atoms with van der Waals surface area (Å²) in [7, 11) is 0. The molecule has 2 aliphatic rings. The number of hydrogen-bond acceptors (Lipinski definition) is 4. The largest absolute Gasteiger partial charge is 0.272 e. The highest BCUT2D eigenvalue weighted by Crippen LogP contribution is 2.35. The molecule has 2 aliphatic heterocycles. The third-order valence-corrected chi connectivity index (χ3v) is 5.45. The van der Waals surface area contributed by atoms with Gasteiger partial charge < -0.3 is 0 Å². The third-order valence-electron chi connectivity index (χ3n) is 4.32. The zero-order chi connectivity index (χ0) is 16.5. The Bertz CT molecular complexity index is 745. The first-order chi connectivity index (χ1) is 11.7. The molecule has 1 saturated heterocycles. The number of halogens is 1. The number of nitrogens with zero attached hydrogens (tertiary/aromatic N) is 2. The lowest BCUT2D eigenvalue weighted by molar-refractivity contribution is -0.254. The number of carbonyl (C=O) groups excluding carboxylic acids is 1. The van der Waals surface area contributed by atoms with Crippen molar-refractivity contribution in [2.75, 3.05) is 13.2 Å². The van der Waals surface area contributed by atoms with Gasteiger partial charge in [0.05, 0.1) is 12.5 Å². The molecule has 3 heterocycles. The summed E-state index contributed by atoms with van der Waals surface area (Å²) < 4.78 is 0. The molecule has 1 fully saturated rings. The number of hydroxylamine groups is 2. The van der Waals surface area contributed by atoms with Crippen LogP contribution in [0.15, 0.2) is 53.9 Å². The van der Waals surface area contributed by atoms with Gasteiger partial charge >= 0.3 is 0 Å². The van der Waals surface area contributed by atoms with E-state index < -0.39 is 0 Å². The maximum Gasteiger partial charge on any atom is 0.252 e. The van der Waals surface area contributed by atoms with E-state index in [-0.39, 0.29) is 18.1 Å². The van der Waals surface area contributed by atoms with Crippen molar-refractivity contribution in [1.29, 1.82) is 0 Å². The van der Waals surface area contributed by atoms with Gasteiger partial charge in [0.15, 0.2) is 0 Å². The van der Waals surface area contributed by atoms with Gasteiger partial charge in [0.1, 0.15) is 12.8 Å². The minimum Gasteiger partial charge on any atom is -0.272 e. The molecule has 0 saturated carbocycles. The smallest absolute Gasteiger partial charge is 0.252 e. The van der Waals surface area contributed by atoms with E-state index in [0.29, 0.717) is 13.1 Å².